The molecule has 19 heavy (non-hydrogen) atoms. The van der Waals surface area contributed by atoms with E-state index in [2.05, 4.69) is 29.2 Å². The molecule has 2 atom stereocenters. The van der Waals surface area contributed by atoms with Crippen molar-refractivity contribution in [3.8, 4) is 0 Å². The Balaban J connectivity index is 2.09. The highest BCUT2D eigenvalue weighted by atomic mass is 16.6. The number of rotatable bonds is 3. The van der Waals surface area contributed by atoms with E-state index in [1.165, 1.54) is 12.1 Å². The first-order valence-electron chi connectivity index (χ1n) is 6.34. The van der Waals surface area contributed by atoms with Crippen molar-refractivity contribution in [1.29, 1.82) is 0 Å². The smallest absolute Gasteiger partial charge is 0.276 e. The normalized spacial score (nSPS) is 24.1. The van der Waals surface area contributed by atoms with Crippen molar-refractivity contribution >= 4 is 17.3 Å². The number of nitrogens with two attached hydrogens (primary N) is 1. The Morgan fingerprint density at radius 2 is 2.32 bits per heavy atom. The molecule has 1 aliphatic rings. The predicted molar refractivity (Wildman–Crippen MR) is 74.0 cm³/mol. The molecule has 3 N–H and O–H groups in total. The summed E-state index contributed by atoms with van der Waals surface area (Å²) in [5.74, 6) is 0.645. The van der Waals surface area contributed by atoms with E-state index in [0.717, 1.165) is 19.4 Å². The quantitative estimate of drug-likeness (QED) is 0.634. The van der Waals surface area contributed by atoms with Gasteiger partial charge in [0.1, 0.15) is 11.6 Å². The number of likely N-dealkylation sites (tertiary alicyclic amines) is 1. The molecule has 104 valence electrons. The second kappa shape index (κ2) is 5.40. The predicted octanol–water partition coefficient (Wildman–Crippen LogP) is 1.47. The summed E-state index contributed by atoms with van der Waals surface area (Å²) >= 11 is 0. The van der Waals surface area contributed by atoms with Crippen molar-refractivity contribution in [3.63, 3.8) is 0 Å². The van der Waals surface area contributed by atoms with Gasteiger partial charge in [0.05, 0.1) is 17.1 Å². The number of nitrogens with zero attached hydrogens (tertiary/aromatic N) is 3. The Labute approximate surface area is 112 Å². The van der Waals surface area contributed by atoms with Crippen LogP contribution >= 0.6 is 0 Å². The number of hydrogen-bond acceptors (Lipinski definition) is 6. The van der Waals surface area contributed by atoms with Crippen LogP contribution in [0.1, 0.15) is 19.8 Å². The molecule has 2 heterocycles. The van der Waals surface area contributed by atoms with Crippen molar-refractivity contribution in [1.82, 2.24) is 9.88 Å². The Bertz CT molecular complexity index is 479. The van der Waals surface area contributed by atoms with E-state index in [9.17, 15) is 10.1 Å². The average Bonchev–Trinajstić information content (AvgIpc) is 2.33. The number of aromatic nitrogens is 1. The fourth-order valence-electron chi connectivity index (χ4n) is 2.35. The van der Waals surface area contributed by atoms with E-state index in [0.29, 0.717) is 11.9 Å². The number of nitrogen functional groups attached to an aromatic ring is 1. The van der Waals surface area contributed by atoms with Gasteiger partial charge in [0.2, 0.25) is 0 Å². The lowest BCUT2D eigenvalue weighted by atomic mass is 9.99. The number of nitrogens with one attached hydrogen (secondary N) is 1. The summed E-state index contributed by atoms with van der Waals surface area (Å²) < 4.78 is 0. The van der Waals surface area contributed by atoms with Gasteiger partial charge in [-0.2, -0.15) is 0 Å². The Kier molecular flexibility index (Phi) is 3.84. The molecule has 0 amide bonds. The monoisotopic (exact) mass is 265 g/mol. The molecule has 1 aromatic rings. The minimum Gasteiger partial charge on any atom is -0.383 e. The molecular formula is C12H19N5O2. The van der Waals surface area contributed by atoms with E-state index >= 15 is 0 Å². The number of pyridine rings is 1. The van der Waals surface area contributed by atoms with Crippen molar-refractivity contribution in [3.05, 3.63) is 22.2 Å². The zero-order chi connectivity index (χ0) is 14.0. The summed E-state index contributed by atoms with van der Waals surface area (Å²) in [6, 6.07) is 3.46. The van der Waals surface area contributed by atoms with Gasteiger partial charge in [-0.05, 0) is 26.8 Å². The summed E-state index contributed by atoms with van der Waals surface area (Å²) in [6.45, 7) is 3.17. The highest BCUT2D eigenvalue weighted by molar-refractivity contribution is 5.53. The molecule has 1 fully saturated rings. The van der Waals surface area contributed by atoms with Crippen LogP contribution in [-0.4, -0.2) is 40.5 Å². The van der Waals surface area contributed by atoms with Crippen LogP contribution in [0.25, 0.3) is 0 Å². The molecule has 0 spiro atoms. The molecule has 2 rings (SSSR count). The molecule has 0 aromatic carbocycles. The van der Waals surface area contributed by atoms with Crippen LogP contribution in [0.15, 0.2) is 12.1 Å². The number of piperidine rings is 1. The maximum absolute atomic E-state index is 10.8. The second-order valence-electron chi connectivity index (χ2n) is 5.09. The zero-order valence-corrected chi connectivity index (χ0v) is 11.2. The molecular weight excluding hydrogens is 246 g/mol. The van der Waals surface area contributed by atoms with E-state index in [-0.39, 0.29) is 17.5 Å². The van der Waals surface area contributed by atoms with Gasteiger partial charge in [0.15, 0.2) is 0 Å². The minimum atomic E-state index is -0.458. The van der Waals surface area contributed by atoms with E-state index in [4.69, 9.17) is 5.73 Å². The first-order chi connectivity index (χ1) is 8.95. The van der Waals surface area contributed by atoms with Gasteiger partial charge in [-0.25, -0.2) is 4.98 Å². The Morgan fingerprint density at radius 1 is 1.58 bits per heavy atom. The maximum atomic E-state index is 10.8. The highest BCUT2D eigenvalue weighted by Crippen LogP contribution is 2.23. The van der Waals surface area contributed by atoms with Crippen molar-refractivity contribution in [2.24, 2.45) is 0 Å². The largest absolute Gasteiger partial charge is 0.383 e. The van der Waals surface area contributed by atoms with Crippen LogP contribution in [-0.2, 0) is 0 Å². The molecule has 1 aliphatic heterocycles. The lowest BCUT2D eigenvalue weighted by Crippen LogP contribution is -2.42. The van der Waals surface area contributed by atoms with E-state index in [1.807, 2.05) is 0 Å². The molecule has 0 bridgehead atoms. The van der Waals surface area contributed by atoms with Crippen LogP contribution in [0.4, 0.5) is 17.3 Å². The van der Waals surface area contributed by atoms with Crippen molar-refractivity contribution in [2.75, 3.05) is 24.6 Å². The van der Waals surface area contributed by atoms with E-state index in [1.54, 1.807) is 0 Å². The lowest BCUT2D eigenvalue weighted by molar-refractivity contribution is -0.384. The summed E-state index contributed by atoms with van der Waals surface area (Å²) in [7, 11) is 2.10. The third kappa shape index (κ3) is 3.31. The van der Waals surface area contributed by atoms with Crippen molar-refractivity contribution in [2.45, 2.75) is 31.8 Å². The van der Waals surface area contributed by atoms with Crippen molar-refractivity contribution < 1.29 is 4.92 Å². The number of hydrogen-bond donors (Lipinski definition) is 2. The van der Waals surface area contributed by atoms with Gasteiger partial charge in [-0.3, -0.25) is 10.1 Å². The number of nitro groups is 1. The number of anilines is 2. The Morgan fingerprint density at radius 3 is 2.95 bits per heavy atom. The molecule has 0 saturated carbocycles. The van der Waals surface area contributed by atoms with Crippen LogP contribution in [0.5, 0.6) is 0 Å². The fourth-order valence-corrected chi connectivity index (χ4v) is 2.35. The molecule has 0 radical (unpaired) electrons. The molecule has 1 saturated heterocycles. The van der Waals surface area contributed by atoms with E-state index < -0.39 is 4.92 Å². The van der Waals surface area contributed by atoms with Crippen LogP contribution in [0.2, 0.25) is 0 Å². The van der Waals surface area contributed by atoms with Crippen LogP contribution in [0.3, 0.4) is 0 Å². The summed E-state index contributed by atoms with van der Waals surface area (Å²) in [6.07, 6.45) is 1.98. The van der Waals surface area contributed by atoms with Gasteiger partial charge in [-0.1, -0.05) is 0 Å². The van der Waals surface area contributed by atoms with Crippen LogP contribution < -0.4 is 11.1 Å². The van der Waals surface area contributed by atoms with Gasteiger partial charge in [-0.15, -0.1) is 0 Å². The maximum Gasteiger partial charge on any atom is 0.276 e. The topological polar surface area (TPSA) is 97.3 Å². The Hall–Kier alpha value is -1.89. The zero-order valence-electron chi connectivity index (χ0n) is 11.2. The van der Waals surface area contributed by atoms with Gasteiger partial charge < -0.3 is 16.0 Å². The first kappa shape index (κ1) is 13.5. The third-order valence-corrected chi connectivity index (χ3v) is 3.60. The van der Waals surface area contributed by atoms with Crippen LogP contribution in [0, 0.1) is 10.1 Å². The van der Waals surface area contributed by atoms with Gasteiger partial charge >= 0.3 is 0 Å². The molecule has 7 heteroatoms. The molecule has 7 nitrogen and oxygen atoms in total. The summed E-state index contributed by atoms with van der Waals surface area (Å²) in [5, 5.41) is 14.0. The molecule has 0 aliphatic carbocycles. The summed E-state index contributed by atoms with van der Waals surface area (Å²) in [5.41, 5.74) is 5.56. The first-order valence-corrected chi connectivity index (χ1v) is 6.34. The highest BCUT2D eigenvalue weighted by Gasteiger charge is 2.23. The van der Waals surface area contributed by atoms with Gasteiger partial charge in [0.25, 0.3) is 5.69 Å². The van der Waals surface area contributed by atoms with Gasteiger partial charge in [0, 0.05) is 18.6 Å². The SMILES string of the molecule is CC1CC(Nc2cc([N+](=O)[O-])cc(N)n2)CCN1C. The summed E-state index contributed by atoms with van der Waals surface area (Å²) in [4.78, 5) is 16.7. The standard InChI is InChI=1S/C12H19N5O2/c1-8-5-9(3-4-16(8)2)14-12-7-10(17(18)19)6-11(13)15-12/h6-9H,3-5H2,1-2H3,(H3,13,14,15). The fraction of sp³-hybridized carbons (Fsp3) is 0.583. The second-order valence-corrected chi connectivity index (χ2v) is 5.09. The third-order valence-electron chi connectivity index (χ3n) is 3.60. The lowest BCUT2D eigenvalue weighted by Gasteiger charge is -2.35. The minimum absolute atomic E-state index is 0.0315. The average molecular weight is 265 g/mol. The molecule has 2 unspecified atom stereocenters. The molecule has 1 aromatic heterocycles.